The Kier molecular flexibility index (Phi) is 5.65. The molecule has 2 heterocycles. The smallest absolute Gasteiger partial charge is 0.411 e. The first-order chi connectivity index (χ1) is 12.5. The molecule has 0 saturated carbocycles. The molecule has 0 N–H and O–H groups in total. The van der Waals surface area contributed by atoms with E-state index in [1.54, 1.807) is 13.8 Å². The van der Waals surface area contributed by atoms with E-state index in [2.05, 4.69) is 0 Å². The number of cyclic esters (lactones) is 1. The average molecular weight is 383 g/mol. The fourth-order valence-electron chi connectivity index (χ4n) is 3.10. The Bertz CT molecular complexity index is 700. The second kappa shape index (κ2) is 7.78. The predicted molar refractivity (Wildman–Crippen MR) is 91.6 cm³/mol. The summed E-state index contributed by atoms with van der Waals surface area (Å²) in [6.45, 7) is 3.97. The third kappa shape index (κ3) is 3.92. The summed E-state index contributed by atoms with van der Waals surface area (Å²) < 4.78 is 33.6. The van der Waals surface area contributed by atoms with Crippen LogP contribution >= 0.6 is 7.60 Å². The second-order valence-corrected chi connectivity index (χ2v) is 8.09. The number of benzene rings is 1. The van der Waals surface area contributed by atoms with Crippen molar-refractivity contribution in [1.29, 1.82) is 0 Å². The first-order valence-electron chi connectivity index (χ1n) is 8.56. The number of carbonyl (C=O) groups is 2. The van der Waals surface area contributed by atoms with Gasteiger partial charge in [0.2, 0.25) is 0 Å². The monoisotopic (exact) mass is 383 g/mol. The minimum atomic E-state index is -3.38. The van der Waals surface area contributed by atoms with Crippen molar-refractivity contribution >= 4 is 19.7 Å². The Labute approximate surface area is 151 Å². The molecule has 3 rings (SSSR count). The maximum atomic E-state index is 12.7. The Morgan fingerprint density at radius 1 is 1.19 bits per heavy atom. The topological polar surface area (TPSA) is 91.1 Å². The molecule has 26 heavy (non-hydrogen) atoms. The number of hydrogen-bond donors (Lipinski definition) is 0. The highest BCUT2D eigenvalue weighted by atomic mass is 31.2. The number of fused-ring (bicyclic) bond motifs is 1. The number of rotatable bonds is 8. The Balaban J connectivity index is 1.60. The van der Waals surface area contributed by atoms with Gasteiger partial charge in [0.15, 0.2) is 6.04 Å². The van der Waals surface area contributed by atoms with Gasteiger partial charge in [0.05, 0.1) is 19.4 Å². The van der Waals surface area contributed by atoms with E-state index in [-0.39, 0.29) is 26.0 Å². The van der Waals surface area contributed by atoms with Crippen LogP contribution < -0.4 is 0 Å². The average Bonchev–Trinajstić information content (AvgIpc) is 3.28. The summed E-state index contributed by atoms with van der Waals surface area (Å²) >= 11 is 0. The van der Waals surface area contributed by atoms with Gasteiger partial charge in [-0.1, -0.05) is 30.3 Å². The summed E-state index contributed by atoms with van der Waals surface area (Å²) in [6.07, 6.45) is -1.39. The van der Waals surface area contributed by atoms with E-state index in [9.17, 15) is 14.2 Å². The summed E-state index contributed by atoms with van der Waals surface area (Å²) in [7, 11) is -3.38. The van der Waals surface area contributed by atoms with Crippen LogP contribution in [-0.4, -0.2) is 54.5 Å². The minimum Gasteiger partial charge on any atom is -0.458 e. The molecule has 0 aromatic heterocycles. The van der Waals surface area contributed by atoms with Crippen LogP contribution in [0.3, 0.4) is 0 Å². The van der Waals surface area contributed by atoms with Crippen molar-refractivity contribution in [3.05, 3.63) is 35.9 Å². The maximum Gasteiger partial charge on any atom is 0.411 e. The van der Waals surface area contributed by atoms with E-state index in [1.807, 2.05) is 30.3 Å². The van der Waals surface area contributed by atoms with E-state index in [0.717, 1.165) is 5.56 Å². The normalized spacial score (nSPS) is 24.2. The fourth-order valence-corrected chi connectivity index (χ4v) is 4.91. The zero-order valence-electron chi connectivity index (χ0n) is 14.7. The van der Waals surface area contributed by atoms with Gasteiger partial charge in [0, 0.05) is 0 Å². The summed E-state index contributed by atoms with van der Waals surface area (Å²) in [5.74, 6) is -0.517. The molecule has 1 amide bonds. The maximum absolute atomic E-state index is 12.7. The van der Waals surface area contributed by atoms with Crippen LogP contribution in [-0.2, 0) is 34.5 Å². The molecule has 8 nitrogen and oxygen atoms in total. The van der Waals surface area contributed by atoms with Crippen LogP contribution in [0.2, 0.25) is 0 Å². The molecule has 142 valence electrons. The van der Waals surface area contributed by atoms with Gasteiger partial charge < -0.3 is 18.5 Å². The molecular formula is C17H22NO7P. The van der Waals surface area contributed by atoms with Gasteiger partial charge in [-0.2, -0.15) is 0 Å². The molecule has 0 bridgehead atoms. The van der Waals surface area contributed by atoms with E-state index in [1.165, 1.54) is 4.90 Å². The molecule has 2 aliphatic heterocycles. The molecule has 2 fully saturated rings. The number of morpholine rings is 1. The van der Waals surface area contributed by atoms with Gasteiger partial charge in [0.1, 0.15) is 18.8 Å². The lowest BCUT2D eigenvalue weighted by Crippen LogP contribution is -2.31. The number of ether oxygens (including phenoxy) is 2. The summed E-state index contributed by atoms with van der Waals surface area (Å²) in [5.41, 5.74) is 0.851. The highest BCUT2D eigenvalue weighted by Gasteiger charge is 2.68. The molecule has 0 aliphatic carbocycles. The van der Waals surface area contributed by atoms with Crippen molar-refractivity contribution in [3.63, 3.8) is 0 Å². The van der Waals surface area contributed by atoms with Crippen LogP contribution in [0.5, 0.6) is 0 Å². The molecular weight excluding hydrogens is 361 g/mol. The van der Waals surface area contributed by atoms with Crippen molar-refractivity contribution in [2.24, 2.45) is 0 Å². The van der Waals surface area contributed by atoms with Gasteiger partial charge in [-0.3, -0.25) is 9.46 Å². The summed E-state index contributed by atoms with van der Waals surface area (Å²) in [5, 5.41) is 0. The molecule has 9 heteroatoms. The van der Waals surface area contributed by atoms with Crippen molar-refractivity contribution in [2.75, 3.05) is 19.4 Å². The van der Waals surface area contributed by atoms with E-state index >= 15 is 0 Å². The summed E-state index contributed by atoms with van der Waals surface area (Å²) in [4.78, 5) is 25.6. The van der Waals surface area contributed by atoms with Crippen molar-refractivity contribution < 1.29 is 32.7 Å². The van der Waals surface area contributed by atoms with E-state index < -0.39 is 37.8 Å². The zero-order valence-corrected chi connectivity index (χ0v) is 15.6. The van der Waals surface area contributed by atoms with Gasteiger partial charge in [0.25, 0.3) is 0 Å². The molecule has 1 aromatic rings. The predicted octanol–water partition coefficient (Wildman–Crippen LogP) is 2.57. The number of hydrogen-bond acceptors (Lipinski definition) is 7. The number of esters is 1. The van der Waals surface area contributed by atoms with Gasteiger partial charge >= 0.3 is 19.7 Å². The highest BCUT2D eigenvalue weighted by Crippen LogP contribution is 2.53. The van der Waals surface area contributed by atoms with Crippen LogP contribution in [0.15, 0.2) is 30.3 Å². The standard InChI is InChI=1S/C17H22NO7P/c1-3-23-26(21,24-4-2)11-13-14-15(16(19)25-13)18(14)17(20)22-10-12-8-6-5-7-9-12/h5-9,13-15H,3-4,10-11H2,1-2H3/t13-,14+,15+,18?/m1/s1. The lowest BCUT2D eigenvalue weighted by Gasteiger charge is -2.22. The van der Waals surface area contributed by atoms with Crippen LogP contribution in [0.25, 0.3) is 0 Å². The van der Waals surface area contributed by atoms with Crippen molar-refractivity contribution in [2.45, 2.75) is 38.6 Å². The molecule has 2 saturated heterocycles. The Morgan fingerprint density at radius 3 is 2.46 bits per heavy atom. The number of carbonyl (C=O) groups excluding carboxylic acids is 2. The second-order valence-electron chi connectivity index (χ2n) is 5.99. The van der Waals surface area contributed by atoms with E-state index in [4.69, 9.17) is 18.5 Å². The van der Waals surface area contributed by atoms with Crippen LogP contribution in [0.4, 0.5) is 4.79 Å². The number of nitrogens with zero attached hydrogens (tertiary/aromatic N) is 1. The summed E-state index contributed by atoms with van der Waals surface area (Å²) in [6, 6.07) is 8.08. The van der Waals surface area contributed by atoms with Gasteiger partial charge in [-0.15, -0.1) is 0 Å². The molecule has 1 aromatic carbocycles. The third-order valence-corrected chi connectivity index (χ3v) is 6.33. The quantitative estimate of drug-likeness (QED) is 0.387. The lowest BCUT2D eigenvalue weighted by atomic mass is 10.2. The first-order valence-corrected chi connectivity index (χ1v) is 10.3. The van der Waals surface area contributed by atoms with Crippen LogP contribution in [0.1, 0.15) is 19.4 Å². The van der Waals surface area contributed by atoms with Crippen molar-refractivity contribution in [1.82, 2.24) is 4.90 Å². The molecule has 0 radical (unpaired) electrons. The van der Waals surface area contributed by atoms with E-state index in [0.29, 0.717) is 0 Å². The first kappa shape index (κ1) is 18.9. The Morgan fingerprint density at radius 2 is 1.85 bits per heavy atom. The fraction of sp³-hybridized carbons (Fsp3) is 0.529. The molecule has 0 spiro atoms. The SMILES string of the molecule is CCOP(=O)(C[C@H]1OC(=O)[C@@H]2[C@H]1N2C(=O)OCc1ccccc1)OCC. The molecule has 3 atom stereocenters. The number of amides is 1. The minimum absolute atomic E-state index is 0.0793. The van der Waals surface area contributed by atoms with Crippen LogP contribution in [0, 0.1) is 0 Å². The Hall–Kier alpha value is -1.89. The van der Waals surface area contributed by atoms with Crippen molar-refractivity contribution in [3.8, 4) is 0 Å². The third-order valence-electron chi connectivity index (χ3n) is 4.22. The zero-order chi connectivity index (χ0) is 18.7. The van der Waals surface area contributed by atoms with Gasteiger partial charge in [-0.25, -0.2) is 9.59 Å². The van der Waals surface area contributed by atoms with Gasteiger partial charge in [-0.05, 0) is 19.4 Å². The molecule has 2 aliphatic rings. The highest BCUT2D eigenvalue weighted by molar-refractivity contribution is 7.53. The largest absolute Gasteiger partial charge is 0.458 e. The lowest BCUT2D eigenvalue weighted by molar-refractivity contribution is -0.145. The molecule has 0 unspecified atom stereocenters.